The second-order valence-electron chi connectivity index (χ2n) is 7.23. The third kappa shape index (κ3) is 6.08. The molecular weight excluding hydrogens is 576 g/mol. The fourth-order valence-corrected chi connectivity index (χ4v) is 4.26. The number of pyridine rings is 1. The zero-order valence-corrected chi connectivity index (χ0v) is 21.2. The number of nitrogens with zero attached hydrogens (tertiary/aromatic N) is 3. The van der Waals surface area contributed by atoms with E-state index >= 15 is 0 Å². The summed E-state index contributed by atoms with van der Waals surface area (Å²) >= 11 is 10.0. The van der Waals surface area contributed by atoms with E-state index < -0.39 is 28.5 Å². The second-order valence-corrected chi connectivity index (χ2v) is 9.48. The molecule has 3 aromatic rings. The number of nitrogens with one attached hydrogen (secondary N) is 1. The maximum absolute atomic E-state index is 12.7. The number of amides is 3. The quantitative estimate of drug-likeness (QED) is 0.206. The van der Waals surface area contributed by atoms with Crippen molar-refractivity contribution in [3.63, 3.8) is 0 Å². The van der Waals surface area contributed by atoms with E-state index in [2.05, 4.69) is 26.2 Å². The van der Waals surface area contributed by atoms with Crippen molar-refractivity contribution < 1.29 is 24.0 Å². The Morgan fingerprint density at radius 1 is 1.19 bits per heavy atom. The minimum Gasteiger partial charge on any atom is -0.439 e. The molecule has 0 bridgehead atoms. The van der Waals surface area contributed by atoms with Crippen molar-refractivity contribution in [2.24, 2.45) is 0 Å². The van der Waals surface area contributed by atoms with Crippen LogP contribution in [-0.2, 0) is 9.59 Å². The molecule has 0 unspecified atom stereocenters. The lowest BCUT2D eigenvalue weighted by atomic mass is 10.2. The number of rotatable bonds is 7. The molecule has 3 amide bonds. The molecule has 4 rings (SSSR count). The Morgan fingerprint density at radius 3 is 2.58 bits per heavy atom. The van der Waals surface area contributed by atoms with E-state index in [-0.39, 0.29) is 16.5 Å². The molecule has 10 nitrogen and oxygen atoms in total. The van der Waals surface area contributed by atoms with Crippen LogP contribution in [0.25, 0.3) is 6.08 Å². The Morgan fingerprint density at radius 2 is 1.94 bits per heavy atom. The molecule has 36 heavy (non-hydrogen) atoms. The van der Waals surface area contributed by atoms with Crippen molar-refractivity contribution in [3.8, 4) is 11.6 Å². The zero-order chi connectivity index (χ0) is 25.8. The van der Waals surface area contributed by atoms with Gasteiger partial charge in [0.15, 0.2) is 0 Å². The summed E-state index contributed by atoms with van der Waals surface area (Å²) in [6, 6.07) is 14.1. The first-order valence-electron chi connectivity index (χ1n) is 10.1. The number of imide groups is 1. The summed E-state index contributed by atoms with van der Waals surface area (Å²) < 4.78 is 6.22. The highest BCUT2D eigenvalue weighted by atomic mass is 79.9. The van der Waals surface area contributed by atoms with E-state index in [1.165, 1.54) is 18.2 Å². The molecule has 1 fully saturated rings. The van der Waals surface area contributed by atoms with Gasteiger partial charge in [-0.1, -0.05) is 23.7 Å². The molecule has 13 heteroatoms. The lowest BCUT2D eigenvalue weighted by Gasteiger charge is -2.12. The van der Waals surface area contributed by atoms with E-state index in [1.54, 1.807) is 42.5 Å². The number of carbonyl (C=O) groups is 3. The van der Waals surface area contributed by atoms with Gasteiger partial charge in [-0.2, -0.15) is 0 Å². The van der Waals surface area contributed by atoms with Crippen LogP contribution in [-0.4, -0.2) is 38.4 Å². The largest absolute Gasteiger partial charge is 0.439 e. The molecule has 1 saturated heterocycles. The average Bonchev–Trinajstić information content (AvgIpc) is 3.10. The summed E-state index contributed by atoms with van der Waals surface area (Å²) in [4.78, 5) is 52.5. The number of hydrogen-bond donors (Lipinski definition) is 1. The highest BCUT2D eigenvalue weighted by Gasteiger charge is 2.36. The van der Waals surface area contributed by atoms with Crippen molar-refractivity contribution in [1.29, 1.82) is 0 Å². The van der Waals surface area contributed by atoms with E-state index in [0.717, 1.165) is 22.9 Å². The molecule has 1 N–H and O–H groups in total. The van der Waals surface area contributed by atoms with Gasteiger partial charge < -0.3 is 10.1 Å². The van der Waals surface area contributed by atoms with Crippen LogP contribution in [0.1, 0.15) is 5.56 Å². The third-order valence-electron chi connectivity index (χ3n) is 4.71. The van der Waals surface area contributed by atoms with E-state index in [9.17, 15) is 24.5 Å². The molecule has 1 aliphatic rings. The number of aromatic nitrogens is 1. The molecule has 0 spiro atoms. The first kappa shape index (κ1) is 25.4. The Kier molecular flexibility index (Phi) is 7.67. The van der Waals surface area contributed by atoms with Crippen molar-refractivity contribution in [2.75, 3.05) is 11.9 Å². The number of carbonyl (C=O) groups excluding carboxylic acids is 3. The Bertz CT molecular complexity index is 1400. The van der Waals surface area contributed by atoms with Crippen molar-refractivity contribution in [2.45, 2.75) is 0 Å². The van der Waals surface area contributed by atoms with E-state index in [1.807, 2.05) is 0 Å². The molecule has 0 atom stereocenters. The fourth-order valence-electron chi connectivity index (χ4n) is 3.00. The van der Waals surface area contributed by atoms with Gasteiger partial charge in [0.25, 0.3) is 16.8 Å². The smallest absolute Gasteiger partial charge is 0.294 e. The molecule has 0 saturated carbocycles. The number of anilines is 1. The van der Waals surface area contributed by atoms with Gasteiger partial charge in [-0.15, -0.1) is 0 Å². The van der Waals surface area contributed by atoms with Crippen molar-refractivity contribution >= 4 is 73.8 Å². The Hall–Kier alpha value is -3.74. The molecular formula is C23H14BrClN4O6S. The molecule has 0 aliphatic carbocycles. The maximum atomic E-state index is 12.7. The fraction of sp³-hybridized carbons (Fsp3) is 0.0435. The predicted octanol–water partition coefficient (Wildman–Crippen LogP) is 5.87. The number of thioether (sulfide) groups is 1. The predicted molar refractivity (Wildman–Crippen MR) is 138 cm³/mol. The van der Waals surface area contributed by atoms with Crippen molar-refractivity contribution in [1.82, 2.24) is 9.88 Å². The van der Waals surface area contributed by atoms with Gasteiger partial charge in [-0.3, -0.25) is 29.4 Å². The van der Waals surface area contributed by atoms with Gasteiger partial charge in [0.1, 0.15) is 18.5 Å². The third-order valence-corrected chi connectivity index (χ3v) is 6.85. The lowest BCUT2D eigenvalue weighted by molar-refractivity contribution is -0.385. The number of ether oxygens (including phenoxy) is 1. The summed E-state index contributed by atoms with van der Waals surface area (Å²) in [6.07, 6.45) is 2.62. The summed E-state index contributed by atoms with van der Waals surface area (Å²) in [6.45, 7) is -0.440. The molecule has 1 aliphatic heterocycles. The van der Waals surface area contributed by atoms with Gasteiger partial charge in [-0.05, 0) is 69.7 Å². The minimum absolute atomic E-state index is 0.151. The van der Waals surface area contributed by atoms with Gasteiger partial charge >= 0.3 is 0 Å². The van der Waals surface area contributed by atoms with Crippen LogP contribution in [0.4, 0.5) is 16.2 Å². The topological polar surface area (TPSA) is 132 Å². The van der Waals surface area contributed by atoms with Crippen LogP contribution in [0.3, 0.4) is 0 Å². The van der Waals surface area contributed by atoms with Gasteiger partial charge in [0, 0.05) is 22.3 Å². The van der Waals surface area contributed by atoms with Crippen molar-refractivity contribution in [3.05, 3.63) is 90.9 Å². The number of benzene rings is 2. The summed E-state index contributed by atoms with van der Waals surface area (Å²) in [5, 5.41) is 13.2. The minimum atomic E-state index is -0.579. The van der Waals surface area contributed by atoms with Crippen LogP contribution >= 0.6 is 39.3 Å². The van der Waals surface area contributed by atoms with Gasteiger partial charge in [-0.25, -0.2) is 4.98 Å². The van der Waals surface area contributed by atoms with Crippen LogP contribution in [0.15, 0.2) is 70.2 Å². The Labute approximate surface area is 221 Å². The van der Waals surface area contributed by atoms with Crippen LogP contribution < -0.4 is 10.1 Å². The first-order valence-corrected chi connectivity index (χ1v) is 12.1. The summed E-state index contributed by atoms with van der Waals surface area (Å²) in [7, 11) is 0. The number of hydrogen-bond acceptors (Lipinski definition) is 8. The average molecular weight is 590 g/mol. The second kappa shape index (κ2) is 10.9. The monoisotopic (exact) mass is 588 g/mol. The number of nitro groups is 1. The molecule has 2 heterocycles. The zero-order valence-electron chi connectivity index (χ0n) is 18.0. The molecule has 2 aromatic carbocycles. The summed E-state index contributed by atoms with van der Waals surface area (Å²) in [5.74, 6) is -0.521. The van der Waals surface area contributed by atoms with Gasteiger partial charge in [0.05, 0.1) is 14.9 Å². The lowest BCUT2D eigenvalue weighted by Crippen LogP contribution is -2.36. The highest BCUT2D eigenvalue weighted by Crippen LogP contribution is 2.33. The van der Waals surface area contributed by atoms with Gasteiger partial charge in [0.2, 0.25) is 11.8 Å². The maximum Gasteiger partial charge on any atom is 0.294 e. The van der Waals surface area contributed by atoms with E-state index in [0.29, 0.717) is 26.5 Å². The molecule has 0 radical (unpaired) electrons. The van der Waals surface area contributed by atoms with Crippen LogP contribution in [0.5, 0.6) is 11.6 Å². The number of halogens is 2. The first-order chi connectivity index (χ1) is 17.2. The highest BCUT2D eigenvalue weighted by molar-refractivity contribution is 9.10. The SMILES string of the molecule is O=C(CN1C(=O)S/C(=C\c2ccc(Oc3ccc([N+](=O)[O-])cn3)cc2)C1=O)Nc1ccc(Br)c(Cl)c1. The van der Waals surface area contributed by atoms with Crippen LogP contribution in [0.2, 0.25) is 5.02 Å². The Balaban J connectivity index is 1.38. The standard InChI is InChI=1S/C23H14BrClN4O6S/c24-17-7-3-14(10-18(17)25)27-20(30)12-28-22(31)19(36-23(28)32)9-13-1-5-16(6-2-13)35-21-8-4-15(11-26-21)29(33)34/h1-11H,12H2,(H,27,30)/b19-9-. The van der Waals surface area contributed by atoms with E-state index in [4.69, 9.17) is 16.3 Å². The summed E-state index contributed by atoms with van der Waals surface area (Å²) in [5.41, 5.74) is 0.905. The normalized spacial score (nSPS) is 14.3. The molecule has 1 aromatic heterocycles. The van der Waals surface area contributed by atoms with Crippen LogP contribution in [0, 0.1) is 10.1 Å². The molecule has 182 valence electrons.